The van der Waals surface area contributed by atoms with Gasteiger partial charge in [-0.3, -0.25) is 4.90 Å². The largest absolute Gasteiger partial charge is 0.508 e. The summed E-state index contributed by atoms with van der Waals surface area (Å²) in [5.74, 6) is -0.410. The highest BCUT2D eigenvalue weighted by Gasteiger charge is 2.16. The van der Waals surface area contributed by atoms with Crippen LogP contribution in [-0.2, 0) is 6.54 Å². The van der Waals surface area contributed by atoms with Crippen LogP contribution in [0, 0.1) is 5.82 Å². The van der Waals surface area contributed by atoms with Gasteiger partial charge in [-0.05, 0) is 37.1 Å². The maximum Gasteiger partial charge on any atom is 0.127 e. The molecule has 3 nitrogen and oxygen atoms in total. The first-order valence-electron chi connectivity index (χ1n) is 5.60. The number of halogens is 2. The Labute approximate surface area is 107 Å². The smallest absolute Gasteiger partial charge is 0.127 e. The third-order valence-corrected chi connectivity index (χ3v) is 2.89. The number of nitrogens with two attached hydrogens (primary N) is 1. The molecular formula is C12H18ClFN2O. The van der Waals surface area contributed by atoms with Gasteiger partial charge in [0.2, 0.25) is 0 Å². The summed E-state index contributed by atoms with van der Waals surface area (Å²) >= 11 is 0. The van der Waals surface area contributed by atoms with Crippen LogP contribution < -0.4 is 5.73 Å². The third kappa shape index (κ3) is 4.15. The lowest BCUT2D eigenvalue weighted by Crippen LogP contribution is -2.42. The molecule has 0 aliphatic carbocycles. The van der Waals surface area contributed by atoms with Gasteiger partial charge in [0.1, 0.15) is 11.6 Å². The van der Waals surface area contributed by atoms with Crippen LogP contribution in [0.3, 0.4) is 0 Å². The zero-order valence-corrected chi connectivity index (χ0v) is 10.4. The summed E-state index contributed by atoms with van der Waals surface area (Å²) in [5, 5.41) is 9.29. The molecule has 0 aromatic heterocycles. The minimum Gasteiger partial charge on any atom is -0.508 e. The van der Waals surface area contributed by atoms with E-state index in [1.54, 1.807) is 6.07 Å². The van der Waals surface area contributed by atoms with Crippen molar-refractivity contribution in [2.24, 2.45) is 5.73 Å². The molecule has 1 saturated heterocycles. The predicted molar refractivity (Wildman–Crippen MR) is 67.8 cm³/mol. The summed E-state index contributed by atoms with van der Waals surface area (Å²) in [4.78, 5) is 2.20. The Morgan fingerprint density at radius 3 is 2.82 bits per heavy atom. The highest BCUT2D eigenvalue weighted by atomic mass is 35.5. The van der Waals surface area contributed by atoms with Gasteiger partial charge in [0.15, 0.2) is 0 Å². The summed E-state index contributed by atoms with van der Waals surface area (Å²) in [6.07, 6.45) is 2.15. The van der Waals surface area contributed by atoms with Gasteiger partial charge in [0, 0.05) is 25.2 Å². The second-order valence-electron chi connectivity index (χ2n) is 4.46. The monoisotopic (exact) mass is 260 g/mol. The Hall–Kier alpha value is -0.840. The topological polar surface area (TPSA) is 49.5 Å². The molecule has 1 fully saturated rings. The molecule has 0 bridgehead atoms. The van der Waals surface area contributed by atoms with Crippen LogP contribution in [0.5, 0.6) is 5.75 Å². The van der Waals surface area contributed by atoms with Crippen LogP contribution in [0.2, 0.25) is 0 Å². The normalized spacial score (nSPS) is 20.9. The number of piperidine rings is 1. The summed E-state index contributed by atoms with van der Waals surface area (Å²) in [6.45, 7) is 2.49. The Morgan fingerprint density at radius 1 is 1.41 bits per heavy atom. The maximum atomic E-state index is 13.1. The second kappa shape index (κ2) is 6.19. The first-order valence-corrected chi connectivity index (χ1v) is 5.60. The van der Waals surface area contributed by atoms with E-state index in [4.69, 9.17) is 5.73 Å². The van der Waals surface area contributed by atoms with Crippen LogP contribution in [-0.4, -0.2) is 29.1 Å². The molecule has 1 aromatic rings. The van der Waals surface area contributed by atoms with Gasteiger partial charge >= 0.3 is 0 Å². The molecule has 2 rings (SSSR count). The Kier molecular flexibility index (Phi) is 5.18. The summed E-state index contributed by atoms with van der Waals surface area (Å²) in [5.41, 5.74) is 6.67. The van der Waals surface area contributed by atoms with Gasteiger partial charge in [-0.2, -0.15) is 0 Å². The molecule has 1 heterocycles. The standard InChI is InChI=1S/C12H17FN2O.ClH/c13-10-4-9(5-12(16)6-10)7-15-3-1-2-11(14)8-15;/h4-6,11,16H,1-3,7-8,14H2;1H. The summed E-state index contributed by atoms with van der Waals surface area (Å²) < 4.78 is 13.1. The van der Waals surface area contributed by atoms with E-state index >= 15 is 0 Å². The highest BCUT2D eigenvalue weighted by molar-refractivity contribution is 5.85. The lowest BCUT2D eigenvalue weighted by Gasteiger charge is -2.30. The number of likely N-dealkylation sites (tertiary alicyclic amines) is 1. The average molecular weight is 261 g/mol. The van der Waals surface area contributed by atoms with Crippen LogP contribution in [0.1, 0.15) is 18.4 Å². The zero-order chi connectivity index (χ0) is 11.5. The van der Waals surface area contributed by atoms with Crippen LogP contribution in [0.4, 0.5) is 4.39 Å². The number of phenols is 1. The molecule has 96 valence electrons. The molecule has 1 aliphatic rings. The minimum absolute atomic E-state index is 0. The third-order valence-electron chi connectivity index (χ3n) is 2.89. The van der Waals surface area contributed by atoms with E-state index in [9.17, 15) is 9.50 Å². The van der Waals surface area contributed by atoms with Gasteiger partial charge in [0.05, 0.1) is 0 Å². The minimum atomic E-state index is -0.392. The van der Waals surface area contributed by atoms with Crippen molar-refractivity contribution < 1.29 is 9.50 Å². The van der Waals surface area contributed by atoms with Gasteiger partial charge in [-0.1, -0.05) is 0 Å². The molecule has 1 aliphatic heterocycles. The molecule has 17 heavy (non-hydrogen) atoms. The number of benzene rings is 1. The van der Waals surface area contributed by atoms with E-state index in [0.717, 1.165) is 37.6 Å². The van der Waals surface area contributed by atoms with E-state index in [1.165, 1.54) is 6.07 Å². The first-order chi connectivity index (χ1) is 7.63. The fraction of sp³-hybridized carbons (Fsp3) is 0.500. The van der Waals surface area contributed by atoms with Crippen molar-refractivity contribution in [3.63, 3.8) is 0 Å². The zero-order valence-electron chi connectivity index (χ0n) is 9.60. The fourth-order valence-electron chi connectivity index (χ4n) is 2.22. The maximum absolute atomic E-state index is 13.1. The van der Waals surface area contributed by atoms with Crippen LogP contribution >= 0.6 is 12.4 Å². The van der Waals surface area contributed by atoms with Crippen LogP contribution in [0.15, 0.2) is 18.2 Å². The van der Waals surface area contributed by atoms with Crippen molar-refractivity contribution in [2.75, 3.05) is 13.1 Å². The molecule has 0 radical (unpaired) electrons. The van der Waals surface area contributed by atoms with E-state index < -0.39 is 5.82 Å². The molecule has 5 heteroatoms. The molecule has 0 amide bonds. The number of nitrogens with zero attached hydrogens (tertiary/aromatic N) is 1. The van der Waals surface area contributed by atoms with Crippen molar-refractivity contribution in [3.8, 4) is 5.75 Å². The van der Waals surface area contributed by atoms with Crippen molar-refractivity contribution in [1.29, 1.82) is 0 Å². The van der Waals surface area contributed by atoms with Gasteiger partial charge < -0.3 is 10.8 Å². The number of hydrogen-bond donors (Lipinski definition) is 2. The number of phenolic OH excluding ortho intramolecular Hbond substituents is 1. The van der Waals surface area contributed by atoms with Gasteiger partial charge in [-0.15, -0.1) is 12.4 Å². The van der Waals surface area contributed by atoms with Crippen molar-refractivity contribution >= 4 is 12.4 Å². The Morgan fingerprint density at radius 2 is 2.18 bits per heavy atom. The van der Waals surface area contributed by atoms with E-state index in [0.29, 0.717) is 6.54 Å². The van der Waals surface area contributed by atoms with E-state index in [-0.39, 0.29) is 24.2 Å². The fourth-order valence-corrected chi connectivity index (χ4v) is 2.22. The highest BCUT2D eigenvalue weighted by Crippen LogP contribution is 2.18. The van der Waals surface area contributed by atoms with Crippen LogP contribution in [0.25, 0.3) is 0 Å². The van der Waals surface area contributed by atoms with Gasteiger partial charge in [0.25, 0.3) is 0 Å². The lowest BCUT2D eigenvalue weighted by molar-refractivity contribution is 0.201. The summed E-state index contributed by atoms with van der Waals surface area (Å²) in [7, 11) is 0. The molecular weight excluding hydrogens is 243 g/mol. The van der Waals surface area contributed by atoms with Crippen molar-refractivity contribution in [2.45, 2.75) is 25.4 Å². The SMILES string of the molecule is Cl.NC1CCCN(Cc2cc(O)cc(F)c2)C1. The Bertz CT molecular complexity index is 355. The van der Waals surface area contributed by atoms with E-state index in [1.807, 2.05) is 0 Å². The molecule has 1 aromatic carbocycles. The summed E-state index contributed by atoms with van der Waals surface area (Å²) in [6, 6.07) is 4.39. The quantitative estimate of drug-likeness (QED) is 0.854. The van der Waals surface area contributed by atoms with E-state index in [2.05, 4.69) is 4.90 Å². The van der Waals surface area contributed by atoms with Crippen molar-refractivity contribution in [3.05, 3.63) is 29.6 Å². The Balaban J connectivity index is 0.00000144. The lowest BCUT2D eigenvalue weighted by atomic mass is 10.1. The molecule has 1 unspecified atom stereocenters. The van der Waals surface area contributed by atoms with Crippen molar-refractivity contribution in [1.82, 2.24) is 4.90 Å². The second-order valence-corrected chi connectivity index (χ2v) is 4.46. The average Bonchev–Trinajstić information content (AvgIpc) is 2.15. The number of aromatic hydroxyl groups is 1. The molecule has 1 atom stereocenters. The molecule has 0 spiro atoms. The number of rotatable bonds is 2. The number of hydrogen-bond acceptors (Lipinski definition) is 3. The first kappa shape index (κ1) is 14.2. The molecule has 0 saturated carbocycles. The van der Waals surface area contributed by atoms with Gasteiger partial charge in [-0.25, -0.2) is 4.39 Å². The molecule has 3 N–H and O–H groups in total. The predicted octanol–water partition coefficient (Wildman–Crippen LogP) is 1.88.